The predicted molar refractivity (Wildman–Crippen MR) is 87.8 cm³/mol. The SMILES string of the molecule is CNC1=C(c2csc3cc(F)ccc23)C2(C)CCC(C1)C2. The number of thiophene rings is 1. The maximum Gasteiger partial charge on any atom is 0.124 e. The van der Waals surface area contributed by atoms with Crippen LogP contribution in [-0.4, -0.2) is 7.05 Å². The molecule has 2 aliphatic carbocycles. The third kappa shape index (κ3) is 1.94. The minimum atomic E-state index is -0.144. The van der Waals surface area contributed by atoms with Crippen molar-refractivity contribution in [2.75, 3.05) is 7.05 Å². The number of nitrogens with one attached hydrogen (secondary N) is 1. The third-order valence-electron chi connectivity index (χ3n) is 5.35. The number of rotatable bonds is 2. The Morgan fingerprint density at radius 2 is 2.24 bits per heavy atom. The zero-order chi connectivity index (χ0) is 14.6. The summed E-state index contributed by atoms with van der Waals surface area (Å²) < 4.78 is 14.5. The summed E-state index contributed by atoms with van der Waals surface area (Å²) in [6.07, 6.45) is 5.07. The standard InChI is InChI=1S/C18H20FNS/c1-18-6-5-11(9-18)7-15(20-2)17(18)14-10-21-16-8-12(19)3-4-13(14)16/h3-4,8,10-11,20H,5-7,9H2,1-2H3. The maximum absolute atomic E-state index is 13.4. The summed E-state index contributed by atoms with van der Waals surface area (Å²) in [5.74, 6) is 0.693. The van der Waals surface area contributed by atoms with E-state index < -0.39 is 0 Å². The number of benzene rings is 1. The lowest BCUT2D eigenvalue weighted by Gasteiger charge is -2.35. The van der Waals surface area contributed by atoms with Crippen molar-refractivity contribution in [2.45, 2.75) is 32.6 Å². The van der Waals surface area contributed by atoms with Crippen molar-refractivity contribution in [3.05, 3.63) is 40.7 Å². The highest BCUT2D eigenvalue weighted by molar-refractivity contribution is 7.17. The largest absolute Gasteiger partial charge is 0.391 e. The minimum Gasteiger partial charge on any atom is -0.391 e. The molecule has 1 aromatic carbocycles. The van der Waals surface area contributed by atoms with E-state index in [1.54, 1.807) is 23.5 Å². The summed E-state index contributed by atoms with van der Waals surface area (Å²) >= 11 is 1.66. The molecule has 0 spiro atoms. The van der Waals surface area contributed by atoms with E-state index >= 15 is 0 Å². The van der Waals surface area contributed by atoms with Gasteiger partial charge in [-0.15, -0.1) is 11.3 Å². The first-order chi connectivity index (χ1) is 10.1. The van der Waals surface area contributed by atoms with Gasteiger partial charge in [0.05, 0.1) is 0 Å². The molecule has 21 heavy (non-hydrogen) atoms. The summed E-state index contributed by atoms with van der Waals surface area (Å²) in [4.78, 5) is 0. The third-order valence-corrected chi connectivity index (χ3v) is 6.30. The second-order valence-electron chi connectivity index (χ2n) is 6.77. The van der Waals surface area contributed by atoms with Gasteiger partial charge in [0.15, 0.2) is 0 Å². The van der Waals surface area contributed by atoms with Crippen LogP contribution in [0.15, 0.2) is 29.3 Å². The Hall–Kier alpha value is -1.35. The topological polar surface area (TPSA) is 12.0 Å². The molecule has 2 unspecified atom stereocenters. The second kappa shape index (κ2) is 4.57. The van der Waals surface area contributed by atoms with Crippen LogP contribution in [-0.2, 0) is 0 Å². The Morgan fingerprint density at radius 1 is 1.38 bits per heavy atom. The molecule has 3 heteroatoms. The quantitative estimate of drug-likeness (QED) is 0.805. The summed E-state index contributed by atoms with van der Waals surface area (Å²) in [5.41, 5.74) is 4.48. The van der Waals surface area contributed by atoms with Gasteiger partial charge in [0.1, 0.15) is 5.82 Å². The van der Waals surface area contributed by atoms with Crippen molar-refractivity contribution in [3.8, 4) is 0 Å². The first kappa shape index (κ1) is 13.3. The molecule has 4 rings (SSSR count). The van der Waals surface area contributed by atoms with Crippen LogP contribution in [0.4, 0.5) is 4.39 Å². The maximum atomic E-state index is 13.4. The molecule has 1 nitrogen and oxygen atoms in total. The molecule has 1 fully saturated rings. The molecule has 2 bridgehead atoms. The molecular formula is C18H20FNS. The molecule has 1 aromatic heterocycles. The van der Waals surface area contributed by atoms with Crippen LogP contribution in [0.1, 0.15) is 38.2 Å². The highest BCUT2D eigenvalue weighted by atomic mass is 32.1. The van der Waals surface area contributed by atoms with Crippen LogP contribution in [0.5, 0.6) is 0 Å². The molecule has 0 radical (unpaired) electrons. The Bertz CT molecular complexity index is 745. The Labute approximate surface area is 128 Å². The van der Waals surface area contributed by atoms with Gasteiger partial charge in [-0.25, -0.2) is 4.39 Å². The summed E-state index contributed by atoms with van der Waals surface area (Å²) in [6, 6.07) is 5.19. The molecule has 2 aromatic rings. The van der Waals surface area contributed by atoms with Crippen molar-refractivity contribution in [2.24, 2.45) is 11.3 Å². The van der Waals surface area contributed by atoms with Crippen LogP contribution >= 0.6 is 11.3 Å². The van der Waals surface area contributed by atoms with Gasteiger partial charge in [0.2, 0.25) is 0 Å². The summed E-state index contributed by atoms with van der Waals surface area (Å²) in [7, 11) is 2.04. The van der Waals surface area contributed by atoms with Gasteiger partial charge in [-0.1, -0.05) is 13.0 Å². The molecule has 1 saturated carbocycles. The smallest absolute Gasteiger partial charge is 0.124 e. The normalized spacial score (nSPS) is 28.4. The summed E-state index contributed by atoms with van der Waals surface area (Å²) in [5, 5.41) is 6.88. The highest BCUT2D eigenvalue weighted by Crippen LogP contribution is 2.57. The number of fused-ring (bicyclic) bond motifs is 3. The van der Waals surface area contributed by atoms with E-state index in [1.807, 2.05) is 13.1 Å². The first-order valence-electron chi connectivity index (χ1n) is 7.69. The Kier molecular flexibility index (Phi) is 2.90. The van der Waals surface area contributed by atoms with Crippen LogP contribution in [0.25, 0.3) is 15.7 Å². The van der Waals surface area contributed by atoms with Crippen molar-refractivity contribution in [1.82, 2.24) is 5.32 Å². The van der Waals surface area contributed by atoms with E-state index in [1.165, 1.54) is 47.9 Å². The molecule has 0 saturated heterocycles. The average Bonchev–Trinajstić information content (AvgIpc) is 3.00. The van der Waals surface area contributed by atoms with E-state index in [-0.39, 0.29) is 11.2 Å². The number of halogens is 1. The molecule has 1 N–H and O–H groups in total. The first-order valence-corrected chi connectivity index (χ1v) is 8.57. The monoisotopic (exact) mass is 301 g/mol. The lowest BCUT2D eigenvalue weighted by atomic mass is 9.71. The molecular weight excluding hydrogens is 281 g/mol. The van der Waals surface area contributed by atoms with Crippen molar-refractivity contribution in [1.29, 1.82) is 0 Å². The van der Waals surface area contributed by atoms with Gasteiger partial charge in [-0.05, 0) is 65.7 Å². The van der Waals surface area contributed by atoms with Crippen LogP contribution in [0, 0.1) is 17.2 Å². The van der Waals surface area contributed by atoms with E-state index in [0.29, 0.717) is 0 Å². The van der Waals surface area contributed by atoms with Crippen molar-refractivity contribution < 1.29 is 4.39 Å². The van der Waals surface area contributed by atoms with Gasteiger partial charge in [-0.2, -0.15) is 0 Å². The second-order valence-corrected chi connectivity index (χ2v) is 7.68. The predicted octanol–water partition coefficient (Wildman–Crippen LogP) is 5.18. The van der Waals surface area contributed by atoms with Crippen LogP contribution in [0.2, 0.25) is 0 Å². The zero-order valence-corrected chi connectivity index (χ0v) is 13.3. The van der Waals surface area contributed by atoms with Gasteiger partial charge in [0, 0.05) is 22.8 Å². The van der Waals surface area contributed by atoms with Crippen molar-refractivity contribution >= 4 is 27.0 Å². The van der Waals surface area contributed by atoms with E-state index in [9.17, 15) is 4.39 Å². The summed E-state index contributed by atoms with van der Waals surface area (Å²) in [6.45, 7) is 2.41. The molecule has 0 aliphatic heterocycles. The van der Waals surface area contributed by atoms with E-state index in [2.05, 4.69) is 17.6 Å². The Morgan fingerprint density at radius 3 is 3.05 bits per heavy atom. The van der Waals surface area contributed by atoms with Gasteiger partial charge in [-0.3, -0.25) is 0 Å². The fraction of sp³-hybridized carbons (Fsp3) is 0.444. The Balaban J connectivity index is 1.95. The van der Waals surface area contributed by atoms with Crippen molar-refractivity contribution in [3.63, 3.8) is 0 Å². The molecule has 2 atom stereocenters. The number of hydrogen-bond acceptors (Lipinski definition) is 2. The molecule has 110 valence electrons. The van der Waals surface area contributed by atoms with E-state index in [0.717, 1.165) is 10.6 Å². The molecule has 0 amide bonds. The zero-order valence-electron chi connectivity index (χ0n) is 12.5. The van der Waals surface area contributed by atoms with Gasteiger partial charge >= 0.3 is 0 Å². The fourth-order valence-corrected chi connectivity index (χ4v) is 5.41. The van der Waals surface area contributed by atoms with Crippen LogP contribution in [0.3, 0.4) is 0 Å². The van der Waals surface area contributed by atoms with Gasteiger partial charge < -0.3 is 5.32 Å². The average molecular weight is 301 g/mol. The van der Waals surface area contributed by atoms with Gasteiger partial charge in [0.25, 0.3) is 0 Å². The lowest BCUT2D eigenvalue weighted by Crippen LogP contribution is -2.25. The molecule has 2 aliphatic rings. The number of hydrogen-bond donors (Lipinski definition) is 1. The van der Waals surface area contributed by atoms with E-state index in [4.69, 9.17) is 0 Å². The lowest BCUT2D eigenvalue weighted by molar-refractivity contribution is 0.400. The fourth-order valence-electron chi connectivity index (χ4n) is 4.43. The van der Waals surface area contributed by atoms with Crippen LogP contribution < -0.4 is 5.32 Å². The minimum absolute atomic E-state index is 0.144. The molecule has 1 heterocycles. The highest BCUT2D eigenvalue weighted by Gasteiger charge is 2.44. The number of allylic oxidation sites excluding steroid dienone is 2.